The molecule has 0 N–H and O–H groups in total. The SMILES string of the molecule is CCC[CH2][Sn]([CH2]CCC)([CH2]CCC)[CH](CC(=O)OC)CC1CCCCC1=O. The van der Waals surface area contributed by atoms with Gasteiger partial charge >= 0.3 is 173 Å². The molecule has 27 heavy (non-hydrogen) atoms. The van der Waals surface area contributed by atoms with E-state index in [4.69, 9.17) is 4.74 Å². The summed E-state index contributed by atoms with van der Waals surface area (Å²) in [4.78, 5) is 24.9. The van der Waals surface area contributed by atoms with Crippen LogP contribution < -0.4 is 0 Å². The van der Waals surface area contributed by atoms with Crippen LogP contribution >= 0.6 is 0 Å². The average Bonchev–Trinajstić information content (AvgIpc) is 2.68. The number of methoxy groups -OCH3 is 1. The number of Topliss-reactive ketones (excluding diaryl/α,β-unsaturated/α-hetero) is 1. The molecule has 0 bridgehead atoms. The standard InChI is InChI=1S/C11H17O3.3C4H9.Sn/c1-14-11(13)8-4-6-9-5-2-3-7-10(9)12;3*1-3-4-2;/h4,9H,2-3,5-8H2,1H3;3*1,3-4H2,2H3;. The van der Waals surface area contributed by atoms with E-state index < -0.39 is 18.4 Å². The summed E-state index contributed by atoms with van der Waals surface area (Å²) in [6.45, 7) is 6.86. The predicted octanol–water partition coefficient (Wildman–Crippen LogP) is 6.92. The number of hydrogen-bond acceptors (Lipinski definition) is 3. The molecular formula is C23H44O3Sn. The molecular weight excluding hydrogens is 443 g/mol. The van der Waals surface area contributed by atoms with Crippen LogP contribution in [-0.2, 0) is 14.3 Å². The molecule has 2 atom stereocenters. The van der Waals surface area contributed by atoms with Gasteiger partial charge in [0.25, 0.3) is 0 Å². The van der Waals surface area contributed by atoms with Crippen LogP contribution in [0.4, 0.5) is 0 Å². The van der Waals surface area contributed by atoms with E-state index in [1.807, 2.05) is 0 Å². The molecule has 0 aliphatic heterocycles. The monoisotopic (exact) mass is 488 g/mol. The molecule has 1 fully saturated rings. The molecule has 0 aromatic carbocycles. The van der Waals surface area contributed by atoms with Crippen molar-refractivity contribution in [2.45, 2.75) is 115 Å². The Morgan fingerprint density at radius 1 is 1.04 bits per heavy atom. The van der Waals surface area contributed by atoms with Crippen molar-refractivity contribution in [3.05, 3.63) is 0 Å². The Labute approximate surface area is 172 Å². The van der Waals surface area contributed by atoms with Gasteiger partial charge in [0.05, 0.1) is 0 Å². The minimum atomic E-state index is -2.57. The Balaban J connectivity index is 3.13. The van der Waals surface area contributed by atoms with E-state index in [1.54, 1.807) is 0 Å². The summed E-state index contributed by atoms with van der Waals surface area (Å²) in [5.74, 6) is 0.640. The quantitative estimate of drug-likeness (QED) is 0.197. The van der Waals surface area contributed by atoms with Crippen LogP contribution in [0.15, 0.2) is 0 Å². The molecule has 0 radical (unpaired) electrons. The first-order chi connectivity index (χ1) is 13.0. The maximum atomic E-state index is 12.6. The number of unbranched alkanes of at least 4 members (excludes halogenated alkanes) is 3. The maximum absolute atomic E-state index is 12.6. The molecule has 1 rings (SSSR count). The average molecular weight is 487 g/mol. The van der Waals surface area contributed by atoms with Gasteiger partial charge in [-0.15, -0.1) is 0 Å². The number of ether oxygens (including phenoxy) is 1. The Kier molecular flexibility index (Phi) is 13.0. The van der Waals surface area contributed by atoms with Gasteiger partial charge in [-0.25, -0.2) is 0 Å². The van der Waals surface area contributed by atoms with Gasteiger partial charge in [-0.05, 0) is 0 Å². The molecule has 1 saturated carbocycles. The van der Waals surface area contributed by atoms with E-state index in [0.29, 0.717) is 16.1 Å². The fraction of sp³-hybridized carbons (Fsp3) is 0.913. The fourth-order valence-electron chi connectivity index (χ4n) is 5.06. The van der Waals surface area contributed by atoms with Crippen molar-refractivity contribution in [3.63, 3.8) is 0 Å². The topological polar surface area (TPSA) is 43.4 Å². The van der Waals surface area contributed by atoms with Crippen molar-refractivity contribution >= 4 is 30.1 Å². The first kappa shape index (κ1) is 25.0. The molecule has 0 aromatic heterocycles. The van der Waals surface area contributed by atoms with Crippen molar-refractivity contribution in [2.75, 3.05) is 7.11 Å². The Morgan fingerprint density at radius 2 is 1.59 bits per heavy atom. The van der Waals surface area contributed by atoms with Gasteiger partial charge in [0, 0.05) is 0 Å². The summed E-state index contributed by atoms with van der Waals surface area (Å²) in [6.07, 6.45) is 13.3. The molecule has 0 spiro atoms. The summed E-state index contributed by atoms with van der Waals surface area (Å²) in [7, 11) is 1.52. The zero-order chi connectivity index (χ0) is 20.1. The van der Waals surface area contributed by atoms with E-state index in [9.17, 15) is 9.59 Å². The summed E-state index contributed by atoms with van der Waals surface area (Å²) in [5, 5.41) is 0. The van der Waals surface area contributed by atoms with Gasteiger partial charge in [-0.2, -0.15) is 0 Å². The molecule has 0 aromatic rings. The summed E-state index contributed by atoms with van der Waals surface area (Å²) in [6, 6.07) is 0. The third kappa shape index (κ3) is 8.45. The van der Waals surface area contributed by atoms with Gasteiger partial charge < -0.3 is 0 Å². The first-order valence-electron chi connectivity index (χ1n) is 11.6. The summed E-state index contributed by atoms with van der Waals surface area (Å²) < 4.78 is 9.79. The van der Waals surface area contributed by atoms with E-state index in [0.717, 1.165) is 25.7 Å². The molecule has 1 aliphatic rings. The molecule has 0 heterocycles. The van der Waals surface area contributed by atoms with Crippen LogP contribution in [0.3, 0.4) is 0 Å². The molecule has 158 valence electrons. The predicted molar refractivity (Wildman–Crippen MR) is 117 cm³/mol. The van der Waals surface area contributed by atoms with E-state index >= 15 is 0 Å². The fourth-order valence-corrected chi connectivity index (χ4v) is 23.7. The van der Waals surface area contributed by atoms with Crippen LogP contribution in [0.1, 0.15) is 97.8 Å². The number of ketones is 1. The molecule has 1 aliphatic carbocycles. The van der Waals surface area contributed by atoms with Crippen molar-refractivity contribution in [2.24, 2.45) is 5.92 Å². The van der Waals surface area contributed by atoms with Crippen LogP contribution in [0.2, 0.25) is 17.2 Å². The van der Waals surface area contributed by atoms with Gasteiger partial charge in [-0.3, -0.25) is 0 Å². The normalized spacial score (nSPS) is 19.1. The Bertz CT molecular complexity index is 414. The van der Waals surface area contributed by atoms with Crippen LogP contribution in [0, 0.1) is 5.92 Å². The second-order valence-electron chi connectivity index (χ2n) is 8.79. The van der Waals surface area contributed by atoms with E-state index in [-0.39, 0.29) is 11.9 Å². The summed E-state index contributed by atoms with van der Waals surface area (Å²) in [5.41, 5.74) is 0. The zero-order valence-corrected chi connectivity index (χ0v) is 21.3. The molecule has 0 saturated heterocycles. The molecule has 0 amide bonds. The third-order valence-electron chi connectivity index (χ3n) is 6.84. The van der Waals surface area contributed by atoms with Crippen LogP contribution in [0.5, 0.6) is 0 Å². The molecule has 2 unspecified atom stereocenters. The van der Waals surface area contributed by atoms with Crippen LogP contribution in [-0.4, -0.2) is 37.2 Å². The van der Waals surface area contributed by atoms with Gasteiger partial charge in [0.15, 0.2) is 0 Å². The van der Waals surface area contributed by atoms with E-state index in [1.165, 1.54) is 65.4 Å². The van der Waals surface area contributed by atoms with Crippen molar-refractivity contribution in [3.8, 4) is 0 Å². The number of carbonyl (C=O) groups is 2. The number of esters is 1. The number of carbonyl (C=O) groups excluding carboxylic acids is 2. The van der Waals surface area contributed by atoms with Crippen LogP contribution in [0.25, 0.3) is 0 Å². The second kappa shape index (κ2) is 14.0. The van der Waals surface area contributed by atoms with Crippen molar-refractivity contribution < 1.29 is 14.3 Å². The Hall–Kier alpha value is -0.0613. The second-order valence-corrected chi connectivity index (χ2v) is 23.2. The number of hydrogen-bond donors (Lipinski definition) is 0. The minimum absolute atomic E-state index is 0.0474. The van der Waals surface area contributed by atoms with Gasteiger partial charge in [-0.1, -0.05) is 0 Å². The van der Waals surface area contributed by atoms with Crippen molar-refractivity contribution in [1.29, 1.82) is 0 Å². The number of rotatable bonds is 14. The summed E-state index contributed by atoms with van der Waals surface area (Å²) >= 11 is -2.57. The Morgan fingerprint density at radius 3 is 2.04 bits per heavy atom. The molecule has 3 nitrogen and oxygen atoms in total. The van der Waals surface area contributed by atoms with Gasteiger partial charge in [0.1, 0.15) is 0 Å². The zero-order valence-electron chi connectivity index (χ0n) is 18.5. The molecule has 4 heteroatoms. The van der Waals surface area contributed by atoms with Gasteiger partial charge in [0.2, 0.25) is 0 Å². The van der Waals surface area contributed by atoms with Crippen molar-refractivity contribution in [1.82, 2.24) is 0 Å². The van der Waals surface area contributed by atoms with E-state index in [2.05, 4.69) is 20.8 Å². The third-order valence-corrected chi connectivity index (χ3v) is 24.6. The first-order valence-corrected chi connectivity index (χ1v) is 19.3.